The van der Waals surface area contributed by atoms with E-state index in [-0.39, 0.29) is 5.60 Å². The molecule has 0 spiro atoms. The third-order valence-electron chi connectivity index (χ3n) is 6.93. The highest BCUT2D eigenvalue weighted by atomic mass is 16.5. The number of allylic oxidation sites excluding steroid dienone is 3. The van der Waals surface area contributed by atoms with Crippen LogP contribution in [0.2, 0.25) is 0 Å². The van der Waals surface area contributed by atoms with Crippen molar-refractivity contribution in [3.8, 4) is 0 Å². The molecule has 1 aromatic carbocycles. The number of benzene rings is 1. The van der Waals surface area contributed by atoms with Crippen molar-refractivity contribution in [3.63, 3.8) is 0 Å². The second kappa shape index (κ2) is 12.8. The van der Waals surface area contributed by atoms with Crippen molar-refractivity contribution >= 4 is 5.69 Å². The van der Waals surface area contributed by atoms with Crippen LogP contribution in [0.15, 0.2) is 47.8 Å². The molecule has 0 aromatic heterocycles. The number of ether oxygens (including phenoxy) is 2. The zero-order valence-corrected chi connectivity index (χ0v) is 22.5. The first-order valence-corrected chi connectivity index (χ1v) is 13.3. The summed E-state index contributed by atoms with van der Waals surface area (Å²) in [7, 11) is 2.19. The molecule has 0 unspecified atom stereocenters. The van der Waals surface area contributed by atoms with Gasteiger partial charge in [0.2, 0.25) is 0 Å². The second-order valence-corrected chi connectivity index (χ2v) is 10.3. The Morgan fingerprint density at radius 1 is 1.15 bits per heavy atom. The number of aryl methyl sites for hydroxylation is 1. The minimum atomic E-state index is -0.0635. The maximum absolute atomic E-state index is 6.34. The van der Waals surface area contributed by atoms with Crippen molar-refractivity contribution in [1.29, 1.82) is 0 Å². The number of anilines is 1. The summed E-state index contributed by atoms with van der Waals surface area (Å²) in [5.74, 6) is 0.429. The van der Waals surface area contributed by atoms with Crippen molar-refractivity contribution in [3.05, 3.63) is 53.4 Å². The SMILES string of the molecule is CC/C=C(\C=C(\C(C)C)N(C)c1ccc(CCC)cc1)N1CC(C)(OCCN2CCOCC2)C1. The fourth-order valence-electron chi connectivity index (χ4n) is 4.90. The molecule has 0 amide bonds. The fraction of sp³-hybridized carbons (Fsp3) is 0.655. The first-order valence-electron chi connectivity index (χ1n) is 13.3. The Morgan fingerprint density at radius 2 is 1.82 bits per heavy atom. The molecule has 34 heavy (non-hydrogen) atoms. The standard InChI is InChI=1S/C29H47N3O2/c1-7-9-25-11-13-26(14-12-25)30(6)28(24(3)4)21-27(10-8-2)32-22-29(5,23-32)34-20-17-31-15-18-33-19-16-31/h10-14,21,24H,7-9,15-20,22-23H2,1-6H3/b27-10+,28-21-. The Kier molecular flexibility index (Phi) is 10.0. The van der Waals surface area contributed by atoms with Crippen LogP contribution in [0.25, 0.3) is 0 Å². The first-order chi connectivity index (χ1) is 16.3. The molecule has 2 heterocycles. The lowest BCUT2D eigenvalue weighted by Crippen LogP contribution is -2.61. The summed E-state index contributed by atoms with van der Waals surface area (Å²) in [5.41, 5.74) is 5.25. The van der Waals surface area contributed by atoms with Crippen LogP contribution in [0.3, 0.4) is 0 Å². The molecule has 2 aliphatic rings. The molecular formula is C29H47N3O2. The molecular weight excluding hydrogens is 422 g/mol. The molecule has 2 fully saturated rings. The van der Waals surface area contributed by atoms with E-state index >= 15 is 0 Å². The van der Waals surface area contributed by atoms with E-state index in [1.165, 1.54) is 29.1 Å². The van der Waals surface area contributed by atoms with Gasteiger partial charge < -0.3 is 19.3 Å². The van der Waals surface area contributed by atoms with Gasteiger partial charge in [-0.15, -0.1) is 0 Å². The van der Waals surface area contributed by atoms with Crippen molar-refractivity contribution in [1.82, 2.24) is 9.80 Å². The van der Waals surface area contributed by atoms with Crippen LogP contribution in [0, 0.1) is 5.92 Å². The number of hydrogen-bond donors (Lipinski definition) is 0. The number of likely N-dealkylation sites (tertiary alicyclic amines) is 1. The van der Waals surface area contributed by atoms with Crippen LogP contribution in [0.5, 0.6) is 0 Å². The summed E-state index contributed by atoms with van der Waals surface area (Å²) < 4.78 is 11.8. The quantitative estimate of drug-likeness (QED) is 0.386. The van der Waals surface area contributed by atoms with E-state index in [4.69, 9.17) is 9.47 Å². The number of morpholine rings is 1. The topological polar surface area (TPSA) is 28.2 Å². The molecule has 5 heteroatoms. The van der Waals surface area contributed by atoms with Crippen molar-refractivity contribution < 1.29 is 9.47 Å². The molecule has 1 aromatic rings. The summed E-state index contributed by atoms with van der Waals surface area (Å²) in [6.45, 7) is 18.7. The van der Waals surface area contributed by atoms with Gasteiger partial charge in [0.05, 0.1) is 19.8 Å². The minimum absolute atomic E-state index is 0.0635. The summed E-state index contributed by atoms with van der Waals surface area (Å²) in [4.78, 5) is 7.26. The number of hydrogen-bond acceptors (Lipinski definition) is 5. The highest BCUT2D eigenvalue weighted by molar-refractivity contribution is 5.53. The molecule has 0 saturated carbocycles. The monoisotopic (exact) mass is 469 g/mol. The van der Waals surface area contributed by atoms with E-state index < -0.39 is 0 Å². The first kappa shape index (κ1) is 26.8. The minimum Gasteiger partial charge on any atom is -0.379 e. The van der Waals surface area contributed by atoms with Gasteiger partial charge in [-0.25, -0.2) is 0 Å². The maximum Gasteiger partial charge on any atom is 0.100 e. The van der Waals surface area contributed by atoms with Gasteiger partial charge >= 0.3 is 0 Å². The largest absolute Gasteiger partial charge is 0.379 e. The summed E-state index contributed by atoms with van der Waals surface area (Å²) in [5, 5.41) is 0. The number of nitrogens with zero attached hydrogens (tertiary/aromatic N) is 3. The second-order valence-electron chi connectivity index (χ2n) is 10.3. The van der Waals surface area contributed by atoms with Gasteiger partial charge in [0.25, 0.3) is 0 Å². The van der Waals surface area contributed by atoms with E-state index in [0.717, 1.165) is 65.4 Å². The average Bonchev–Trinajstić information content (AvgIpc) is 2.81. The van der Waals surface area contributed by atoms with Crippen LogP contribution in [-0.2, 0) is 15.9 Å². The average molecular weight is 470 g/mol. The Labute approximate surface area is 208 Å². The Bertz CT molecular complexity index is 803. The summed E-state index contributed by atoms with van der Waals surface area (Å²) in [6, 6.07) is 9.05. The zero-order valence-electron chi connectivity index (χ0n) is 22.5. The van der Waals surface area contributed by atoms with E-state index in [9.17, 15) is 0 Å². The predicted octanol–water partition coefficient (Wildman–Crippen LogP) is 5.33. The fourth-order valence-corrected chi connectivity index (χ4v) is 4.90. The smallest absolute Gasteiger partial charge is 0.100 e. The molecule has 5 nitrogen and oxygen atoms in total. The highest BCUT2D eigenvalue weighted by Crippen LogP contribution is 2.31. The normalized spacial score (nSPS) is 19.4. The van der Waals surface area contributed by atoms with Gasteiger partial charge in [-0.1, -0.05) is 52.3 Å². The van der Waals surface area contributed by atoms with Crippen LogP contribution in [-0.4, -0.2) is 75.0 Å². The van der Waals surface area contributed by atoms with Crippen molar-refractivity contribution in [2.24, 2.45) is 5.92 Å². The molecule has 0 radical (unpaired) electrons. The molecule has 2 aliphatic heterocycles. The molecule has 2 saturated heterocycles. The Hall–Kier alpha value is -1.82. The van der Waals surface area contributed by atoms with Gasteiger partial charge in [-0.05, 0) is 49.5 Å². The lowest BCUT2D eigenvalue weighted by molar-refractivity contribution is -0.124. The molecule has 0 bridgehead atoms. The zero-order chi connectivity index (χ0) is 24.6. The van der Waals surface area contributed by atoms with Crippen LogP contribution < -0.4 is 4.90 Å². The van der Waals surface area contributed by atoms with Crippen LogP contribution >= 0.6 is 0 Å². The Balaban J connectivity index is 1.62. The molecule has 0 atom stereocenters. The predicted molar refractivity (Wildman–Crippen MR) is 143 cm³/mol. The van der Waals surface area contributed by atoms with Gasteiger partial charge in [-0.2, -0.15) is 0 Å². The van der Waals surface area contributed by atoms with Crippen LogP contribution in [0.4, 0.5) is 5.69 Å². The third kappa shape index (κ3) is 7.34. The Morgan fingerprint density at radius 3 is 2.41 bits per heavy atom. The lowest BCUT2D eigenvalue weighted by atomic mass is 9.94. The molecule has 0 aliphatic carbocycles. The maximum atomic E-state index is 6.34. The van der Waals surface area contributed by atoms with E-state index in [1.807, 2.05) is 0 Å². The van der Waals surface area contributed by atoms with E-state index in [2.05, 4.69) is 92.8 Å². The lowest BCUT2D eigenvalue weighted by Gasteiger charge is -2.50. The van der Waals surface area contributed by atoms with Gasteiger partial charge in [0.1, 0.15) is 5.60 Å². The van der Waals surface area contributed by atoms with Crippen molar-refractivity contribution in [2.75, 3.05) is 64.5 Å². The van der Waals surface area contributed by atoms with Crippen molar-refractivity contribution in [2.45, 2.75) is 59.5 Å². The van der Waals surface area contributed by atoms with Crippen LogP contribution in [0.1, 0.15) is 53.0 Å². The van der Waals surface area contributed by atoms with Gasteiger partial charge in [-0.3, -0.25) is 4.90 Å². The molecule has 190 valence electrons. The van der Waals surface area contributed by atoms with Gasteiger partial charge in [0.15, 0.2) is 0 Å². The van der Waals surface area contributed by atoms with E-state index in [1.54, 1.807) is 0 Å². The van der Waals surface area contributed by atoms with E-state index in [0.29, 0.717) is 5.92 Å². The summed E-state index contributed by atoms with van der Waals surface area (Å²) in [6.07, 6.45) is 8.10. The van der Waals surface area contributed by atoms with Gasteiger partial charge in [0, 0.05) is 56.9 Å². The summed E-state index contributed by atoms with van der Waals surface area (Å²) >= 11 is 0. The number of rotatable bonds is 12. The third-order valence-corrected chi connectivity index (χ3v) is 6.93. The molecule has 0 N–H and O–H groups in total. The highest BCUT2D eigenvalue weighted by Gasteiger charge is 2.40. The molecule has 3 rings (SSSR count).